The van der Waals surface area contributed by atoms with Crippen LogP contribution in [-0.4, -0.2) is 43.0 Å². The number of piperazine rings is 1. The van der Waals surface area contributed by atoms with E-state index in [1.54, 1.807) is 0 Å². The molecule has 4 nitrogen and oxygen atoms in total. The zero-order valence-corrected chi connectivity index (χ0v) is 10.8. The Kier molecular flexibility index (Phi) is 4.33. The van der Waals surface area contributed by atoms with Crippen molar-refractivity contribution in [3.05, 3.63) is 35.9 Å². The molecular formula is C14H21N3O. The maximum atomic E-state index is 12.5. The molecule has 1 heterocycles. The SMILES string of the molecule is C[C@@H]1CN(C(=O)[C@@H](CN)c2ccccc2)CCN1. The summed E-state index contributed by atoms with van der Waals surface area (Å²) in [6, 6.07) is 10.2. The molecule has 1 fully saturated rings. The maximum absolute atomic E-state index is 12.5. The smallest absolute Gasteiger partial charge is 0.231 e. The molecule has 1 aromatic rings. The van der Waals surface area contributed by atoms with Gasteiger partial charge in [-0.1, -0.05) is 30.3 Å². The Bertz CT molecular complexity index is 393. The van der Waals surface area contributed by atoms with Gasteiger partial charge in [-0.05, 0) is 12.5 Å². The van der Waals surface area contributed by atoms with Crippen LogP contribution in [-0.2, 0) is 4.79 Å². The number of carbonyl (C=O) groups is 1. The van der Waals surface area contributed by atoms with Crippen LogP contribution in [0.25, 0.3) is 0 Å². The summed E-state index contributed by atoms with van der Waals surface area (Å²) in [5.74, 6) is -0.0615. The van der Waals surface area contributed by atoms with Crippen LogP contribution in [0.4, 0.5) is 0 Å². The highest BCUT2D eigenvalue weighted by Gasteiger charge is 2.27. The molecule has 0 unspecified atom stereocenters. The summed E-state index contributed by atoms with van der Waals surface area (Å²) in [5, 5.41) is 3.34. The van der Waals surface area contributed by atoms with Gasteiger partial charge in [-0.25, -0.2) is 0 Å². The van der Waals surface area contributed by atoms with E-state index in [0.29, 0.717) is 12.6 Å². The van der Waals surface area contributed by atoms with Gasteiger partial charge in [-0.2, -0.15) is 0 Å². The second-order valence-corrected chi connectivity index (χ2v) is 4.84. The Morgan fingerprint density at radius 3 is 2.83 bits per heavy atom. The van der Waals surface area contributed by atoms with Gasteiger partial charge in [-0.3, -0.25) is 4.79 Å². The molecule has 1 saturated heterocycles. The van der Waals surface area contributed by atoms with Crippen molar-refractivity contribution < 1.29 is 4.79 Å². The quantitative estimate of drug-likeness (QED) is 0.820. The summed E-state index contributed by atoms with van der Waals surface area (Å²) in [7, 11) is 0. The third-order valence-electron chi connectivity index (χ3n) is 3.42. The van der Waals surface area contributed by atoms with Crippen molar-refractivity contribution in [3.8, 4) is 0 Å². The molecule has 1 aliphatic rings. The van der Waals surface area contributed by atoms with Gasteiger partial charge in [0.05, 0.1) is 5.92 Å². The Morgan fingerprint density at radius 2 is 2.22 bits per heavy atom. The number of nitrogens with zero attached hydrogens (tertiary/aromatic N) is 1. The van der Waals surface area contributed by atoms with E-state index in [4.69, 9.17) is 5.73 Å². The predicted molar refractivity (Wildman–Crippen MR) is 72.3 cm³/mol. The predicted octanol–water partition coefficient (Wildman–Crippen LogP) is 0.549. The standard InChI is InChI=1S/C14H21N3O/c1-11-10-17(8-7-16-11)14(18)13(9-15)12-5-3-2-4-6-12/h2-6,11,13,16H,7-10,15H2,1H3/t11-,13+/m1/s1. The zero-order valence-electron chi connectivity index (χ0n) is 10.8. The molecule has 0 aromatic heterocycles. The van der Waals surface area contributed by atoms with Crippen LogP contribution in [0.15, 0.2) is 30.3 Å². The van der Waals surface area contributed by atoms with Crippen molar-refractivity contribution in [2.45, 2.75) is 18.9 Å². The lowest BCUT2D eigenvalue weighted by Gasteiger charge is -2.34. The van der Waals surface area contributed by atoms with E-state index in [0.717, 1.165) is 25.2 Å². The lowest BCUT2D eigenvalue weighted by Crippen LogP contribution is -2.53. The van der Waals surface area contributed by atoms with E-state index in [-0.39, 0.29) is 11.8 Å². The Hall–Kier alpha value is -1.39. The zero-order chi connectivity index (χ0) is 13.0. The Morgan fingerprint density at radius 1 is 1.50 bits per heavy atom. The number of benzene rings is 1. The van der Waals surface area contributed by atoms with Crippen molar-refractivity contribution >= 4 is 5.91 Å². The van der Waals surface area contributed by atoms with E-state index < -0.39 is 0 Å². The summed E-state index contributed by atoms with van der Waals surface area (Å²) in [6.07, 6.45) is 0. The minimum atomic E-state index is -0.212. The normalized spacial score (nSPS) is 21.7. The molecule has 1 aliphatic heterocycles. The van der Waals surface area contributed by atoms with Crippen molar-refractivity contribution in [3.63, 3.8) is 0 Å². The molecule has 0 saturated carbocycles. The van der Waals surface area contributed by atoms with Crippen molar-refractivity contribution in [1.82, 2.24) is 10.2 Å². The van der Waals surface area contributed by atoms with Crippen LogP contribution in [0.5, 0.6) is 0 Å². The number of hydrogen-bond acceptors (Lipinski definition) is 3. The van der Waals surface area contributed by atoms with Gasteiger partial charge in [0.25, 0.3) is 0 Å². The maximum Gasteiger partial charge on any atom is 0.231 e. The largest absolute Gasteiger partial charge is 0.339 e. The molecule has 2 atom stereocenters. The molecule has 4 heteroatoms. The number of rotatable bonds is 3. The van der Waals surface area contributed by atoms with E-state index in [1.165, 1.54) is 0 Å². The van der Waals surface area contributed by atoms with Crippen LogP contribution in [0.2, 0.25) is 0 Å². The van der Waals surface area contributed by atoms with Crippen LogP contribution >= 0.6 is 0 Å². The second-order valence-electron chi connectivity index (χ2n) is 4.84. The third kappa shape index (κ3) is 2.89. The highest BCUT2D eigenvalue weighted by Crippen LogP contribution is 2.18. The molecule has 0 aliphatic carbocycles. The molecular weight excluding hydrogens is 226 g/mol. The lowest BCUT2D eigenvalue weighted by atomic mass is 9.97. The lowest BCUT2D eigenvalue weighted by molar-refractivity contribution is -0.133. The molecule has 0 spiro atoms. The van der Waals surface area contributed by atoms with E-state index >= 15 is 0 Å². The number of nitrogens with one attached hydrogen (secondary N) is 1. The molecule has 2 rings (SSSR count). The van der Waals surface area contributed by atoms with E-state index in [1.807, 2.05) is 35.2 Å². The second kappa shape index (κ2) is 5.98. The van der Waals surface area contributed by atoms with Crippen molar-refractivity contribution in [2.24, 2.45) is 5.73 Å². The average molecular weight is 247 g/mol. The van der Waals surface area contributed by atoms with E-state index in [2.05, 4.69) is 12.2 Å². The van der Waals surface area contributed by atoms with Crippen LogP contribution in [0.3, 0.4) is 0 Å². The number of hydrogen-bond donors (Lipinski definition) is 2. The topological polar surface area (TPSA) is 58.4 Å². The minimum absolute atomic E-state index is 0.150. The van der Waals surface area contributed by atoms with Crippen molar-refractivity contribution in [1.29, 1.82) is 0 Å². The summed E-state index contributed by atoms with van der Waals surface area (Å²) in [5.41, 5.74) is 6.79. The fraction of sp³-hybridized carbons (Fsp3) is 0.500. The number of nitrogens with two attached hydrogens (primary N) is 1. The first-order valence-corrected chi connectivity index (χ1v) is 6.49. The Labute approximate surface area is 108 Å². The van der Waals surface area contributed by atoms with Gasteiger partial charge in [0.1, 0.15) is 0 Å². The molecule has 3 N–H and O–H groups in total. The first-order chi connectivity index (χ1) is 8.72. The van der Waals surface area contributed by atoms with Crippen LogP contribution in [0.1, 0.15) is 18.4 Å². The summed E-state index contributed by atoms with van der Waals surface area (Å²) in [6.45, 7) is 4.86. The van der Waals surface area contributed by atoms with Gasteiger partial charge in [0, 0.05) is 32.2 Å². The molecule has 0 radical (unpaired) electrons. The van der Waals surface area contributed by atoms with E-state index in [9.17, 15) is 4.79 Å². The molecule has 98 valence electrons. The fourth-order valence-electron chi connectivity index (χ4n) is 2.42. The monoisotopic (exact) mass is 247 g/mol. The Balaban J connectivity index is 2.10. The highest BCUT2D eigenvalue weighted by atomic mass is 16.2. The van der Waals surface area contributed by atoms with Gasteiger partial charge in [0.2, 0.25) is 5.91 Å². The summed E-state index contributed by atoms with van der Waals surface area (Å²) >= 11 is 0. The van der Waals surface area contributed by atoms with Crippen molar-refractivity contribution in [2.75, 3.05) is 26.2 Å². The first-order valence-electron chi connectivity index (χ1n) is 6.49. The third-order valence-corrected chi connectivity index (χ3v) is 3.42. The number of carbonyl (C=O) groups excluding carboxylic acids is 1. The van der Waals surface area contributed by atoms with Crippen LogP contribution < -0.4 is 11.1 Å². The van der Waals surface area contributed by atoms with Gasteiger partial charge in [0.15, 0.2) is 0 Å². The highest BCUT2D eigenvalue weighted by molar-refractivity contribution is 5.84. The first kappa shape index (κ1) is 13.1. The van der Waals surface area contributed by atoms with Gasteiger partial charge >= 0.3 is 0 Å². The molecule has 1 aromatic carbocycles. The fourth-order valence-corrected chi connectivity index (χ4v) is 2.42. The van der Waals surface area contributed by atoms with Gasteiger partial charge in [-0.15, -0.1) is 0 Å². The minimum Gasteiger partial charge on any atom is -0.339 e. The number of amides is 1. The molecule has 18 heavy (non-hydrogen) atoms. The summed E-state index contributed by atoms with van der Waals surface area (Å²) in [4.78, 5) is 14.4. The molecule has 0 bridgehead atoms. The van der Waals surface area contributed by atoms with Gasteiger partial charge < -0.3 is 16.0 Å². The summed E-state index contributed by atoms with van der Waals surface area (Å²) < 4.78 is 0. The molecule has 1 amide bonds. The average Bonchev–Trinajstić information content (AvgIpc) is 2.41. The van der Waals surface area contributed by atoms with Crippen LogP contribution in [0, 0.1) is 0 Å².